The van der Waals surface area contributed by atoms with E-state index in [1.165, 1.54) is 6.26 Å². The molecule has 9 heteroatoms. The quantitative estimate of drug-likeness (QED) is 0.707. The number of rotatable bonds is 3. The highest BCUT2D eigenvalue weighted by Gasteiger charge is 2.32. The average molecular weight is 409 g/mol. The highest BCUT2D eigenvalue weighted by Crippen LogP contribution is 2.33. The highest BCUT2D eigenvalue weighted by atomic mass is 16.5. The Morgan fingerprint density at radius 1 is 1.23 bits per heavy atom. The lowest BCUT2D eigenvalue weighted by Crippen LogP contribution is -2.38. The number of anilines is 1. The van der Waals surface area contributed by atoms with Gasteiger partial charge in [0.05, 0.1) is 17.4 Å². The van der Waals surface area contributed by atoms with E-state index < -0.39 is 0 Å². The molecule has 2 atom stereocenters. The van der Waals surface area contributed by atoms with Crippen molar-refractivity contribution in [3.05, 3.63) is 41.0 Å². The van der Waals surface area contributed by atoms with Crippen molar-refractivity contribution in [2.24, 2.45) is 5.73 Å². The Kier molecular flexibility index (Phi) is 4.69. The topological polar surface area (TPSA) is 106 Å². The van der Waals surface area contributed by atoms with Crippen molar-refractivity contribution in [2.45, 2.75) is 51.6 Å². The zero-order valence-electron chi connectivity index (χ0n) is 17.4. The van der Waals surface area contributed by atoms with E-state index in [0.29, 0.717) is 17.8 Å². The fourth-order valence-electron chi connectivity index (χ4n) is 4.62. The predicted octanol–water partition coefficient (Wildman–Crippen LogP) is 2.24. The molecule has 30 heavy (non-hydrogen) atoms. The van der Waals surface area contributed by atoms with Gasteiger partial charge in [0.25, 0.3) is 5.91 Å². The molecule has 0 aromatic carbocycles. The van der Waals surface area contributed by atoms with Gasteiger partial charge in [0.15, 0.2) is 5.65 Å². The maximum Gasteiger partial charge on any atom is 0.259 e. The van der Waals surface area contributed by atoms with Crippen LogP contribution in [0.2, 0.25) is 0 Å². The van der Waals surface area contributed by atoms with Gasteiger partial charge in [-0.05, 0) is 39.5 Å². The SMILES string of the molecule is Cc1cn2nc([C@@H]3CCCCN3C(=O)c3conc3C)cc2nc1N1CC[C@H](N)C1. The van der Waals surface area contributed by atoms with Crippen LogP contribution in [-0.2, 0) is 0 Å². The molecule has 2 aliphatic heterocycles. The Labute approximate surface area is 174 Å². The number of carbonyl (C=O) groups is 1. The fraction of sp³-hybridized carbons (Fsp3) is 0.524. The number of amides is 1. The number of hydrogen-bond acceptors (Lipinski definition) is 7. The molecule has 5 rings (SSSR count). The van der Waals surface area contributed by atoms with Gasteiger partial charge < -0.3 is 20.1 Å². The summed E-state index contributed by atoms with van der Waals surface area (Å²) in [6, 6.07) is 2.13. The molecule has 0 aliphatic carbocycles. The molecule has 158 valence electrons. The van der Waals surface area contributed by atoms with Crippen molar-refractivity contribution in [1.82, 2.24) is 24.7 Å². The molecule has 0 bridgehead atoms. The van der Waals surface area contributed by atoms with Gasteiger partial charge in [-0.1, -0.05) is 5.16 Å². The normalized spacial score (nSPS) is 22.2. The van der Waals surface area contributed by atoms with E-state index in [4.69, 9.17) is 20.3 Å². The van der Waals surface area contributed by atoms with Crippen LogP contribution in [0.25, 0.3) is 5.65 Å². The molecule has 5 heterocycles. The molecule has 0 spiro atoms. The summed E-state index contributed by atoms with van der Waals surface area (Å²) in [5.74, 6) is 0.921. The summed E-state index contributed by atoms with van der Waals surface area (Å²) < 4.78 is 6.81. The van der Waals surface area contributed by atoms with Gasteiger partial charge in [0, 0.05) is 43.5 Å². The van der Waals surface area contributed by atoms with E-state index in [9.17, 15) is 4.79 Å². The van der Waals surface area contributed by atoms with Crippen molar-refractivity contribution in [1.29, 1.82) is 0 Å². The molecule has 0 unspecified atom stereocenters. The van der Waals surface area contributed by atoms with Crippen LogP contribution < -0.4 is 10.6 Å². The van der Waals surface area contributed by atoms with Gasteiger partial charge in [0.1, 0.15) is 17.6 Å². The average Bonchev–Trinajstić information content (AvgIpc) is 3.46. The van der Waals surface area contributed by atoms with Crippen LogP contribution in [0, 0.1) is 13.8 Å². The molecule has 2 saturated heterocycles. The second kappa shape index (κ2) is 7.39. The van der Waals surface area contributed by atoms with Crippen LogP contribution in [0.15, 0.2) is 23.0 Å². The third-order valence-corrected chi connectivity index (χ3v) is 6.23. The standard InChI is InChI=1S/C21H27N7O2/c1-13-10-28-19(23-20(13)26-8-6-15(22)11-26)9-17(24-28)18-5-3-4-7-27(18)21(29)16-12-30-25-14(16)2/h9-10,12,15,18H,3-8,11,22H2,1-2H3/t15-,18-/m0/s1. The van der Waals surface area contributed by atoms with Crippen molar-refractivity contribution < 1.29 is 9.32 Å². The Morgan fingerprint density at radius 3 is 2.83 bits per heavy atom. The van der Waals surface area contributed by atoms with Crippen LogP contribution in [0.4, 0.5) is 5.82 Å². The van der Waals surface area contributed by atoms with Gasteiger partial charge in [-0.2, -0.15) is 5.10 Å². The monoisotopic (exact) mass is 409 g/mol. The van der Waals surface area contributed by atoms with Gasteiger partial charge in [-0.15, -0.1) is 0 Å². The lowest BCUT2D eigenvalue weighted by molar-refractivity contribution is 0.0604. The first-order valence-corrected chi connectivity index (χ1v) is 10.6. The smallest absolute Gasteiger partial charge is 0.259 e. The summed E-state index contributed by atoms with van der Waals surface area (Å²) in [5.41, 5.74) is 9.97. The van der Waals surface area contributed by atoms with E-state index in [-0.39, 0.29) is 18.0 Å². The van der Waals surface area contributed by atoms with Gasteiger partial charge >= 0.3 is 0 Å². The van der Waals surface area contributed by atoms with Crippen LogP contribution in [0.1, 0.15) is 59.0 Å². The number of nitrogens with two attached hydrogens (primary N) is 1. The van der Waals surface area contributed by atoms with Gasteiger partial charge in [0.2, 0.25) is 0 Å². The predicted molar refractivity (Wildman–Crippen MR) is 111 cm³/mol. The number of nitrogens with zero attached hydrogens (tertiary/aromatic N) is 6. The second-order valence-corrected chi connectivity index (χ2v) is 8.44. The molecule has 2 fully saturated rings. The van der Waals surface area contributed by atoms with Crippen LogP contribution in [0.5, 0.6) is 0 Å². The van der Waals surface area contributed by atoms with E-state index in [1.807, 2.05) is 21.7 Å². The number of aryl methyl sites for hydroxylation is 2. The fourth-order valence-corrected chi connectivity index (χ4v) is 4.62. The molecule has 3 aromatic heterocycles. The van der Waals surface area contributed by atoms with Crippen molar-refractivity contribution in [2.75, 3.05) is 24.5 Å². The Balaban J connectivity index is 1.48. The summed E-state index contributed by atoms with van der Waals surface area (Å²) in [4.78, 5) is 22.2. The van der Waals surface area contributed by atoms with Gasteiger partial charge in [-0.3, -0.25) is 4.79 Å². The van der Waals surface area contributed by atoms with E-state index in [2.05, 4.69) is 17.0 Å². The Morgan fingerprint density at radius 2 is 2.10 bits per heavy atom. The minimum atomic E-state index is -0.0776. The minimum absolute atomic E-state index is 0.0496. The summed E-state index contributed by atoms with van der Waals surface area (Å²) in [6.45, 7) is 6.30. The molecule has 3 aromatic rings. The summed E-state index contributed by atoms with van der Waals surface area (Å²) in [5, 5.41) is 8.66. The third kappa shape index (κ3) is 3.23. The largest absolute Gasteiger partial charge is 0.364 e. The molecular formula is C21H27N7O2. The highest BCUT2D eigenvalue weighted by molar-refractivity contribution is 5.95. The molecule has 2 aliphatic rings. The summed E-state index contributed by atoms with van der Waals surface area (Å²) in [6.07, 6.45) is 7.37. The third-order valence-electron chi connectivity index (χ3n) is 6.23. The number of carbonyl (C=O) groups excluding carboxylic acids is 1. The van der Waals surface area contributed by atoms with Crippen molar-refractivity contribution in [3.8, 4) is 0 Å². The van der Waals surface area contributed by atoms with E-state index >= 15 is 0 Å². The first kappa shape index (κ1) is 19.0. The number of piperidine rings is 1. The number of fused-ring (bicyclic) bond motifs is 1. The van der Waals surface area contributed by atoms with Gasteiger partial charge in [-0.25, -0.2) is 9.50 Å². The lowest BCUT2D eigenvalue weighted by Gasteiger charge is -2.34. The summed E-state index contributed by atoms with van der Waals surface area (Å²) >= 11 is 0. The summed E-state index contributed by atoms with van der Waals surface area (Å²) in [7, 11) is 0. The van der Waals surface area contributed by atoms with E-state index in [0.717, 1.165) is 61.5 Å². The molecular weight excluding hydrogens is 382 g/mol. The molecule has 0 radical (unpaired) electrons. The first-order valence-electron chi connectivity index (χ1n) is 10.6. The molecule has 9 nitrogen and oxygen atoms in total. The van der Waals surface area contributed by atoms with Crippen LogP contribution >= 0.6 is 0 Å². The number of hydrogen-bond donors (Lipinski definition) is 1. The lowest BCUT2D eigenvalue weighted by atomic mass is 9.98. The first-order chi connectivity index (χ1) is 14.5. The molecule has 0 saturated carbocycles. The Hall–Kier alpha value is -2.94. The zero-order valence-corrected chi connectivity index (χ0v) is 17.4. The molecule has 2 N–H and O–H groups in total. The minimum Gasteiger partial charge on any atom is -0.364 e. The number of aromatic nitrogens is 4. The van der Waals surface area contributed by atoms with Crippen LogP contribution in [0.3, 0.4) is 0 Å². The molecule has 1 amide bonds. The van der Waals surface area contributed by atoms with Crippen molar-refractivity contribution in [3.63, 3.8) is 0 Å². The maximum absolute atomic E-state index is 13.2. The second-order valence-electron chi connectivity index (χ2n) is 8.44. The Bertz CT molecular complexity index is 1090. The van der Waals surface area contributed by atoms with Crippen molar-refractivity contribution >= 4 is 17.4 Å². The zero-order chi connectivity index (χ0) is 20.8. The van der Waals surface area contributed by atoms with Crippen LogP contribution in [-0.4, -0.2) is 56.2 Å². The number of likely N-dealkylation sites (tertiary alicyclic amines) is 1. The maximum atomic E-state index is 13.2. The van der Waals surface area contributed by atoms with E-state index in [1.54, 1.807) is 6.92 Å².